The van der Waals surface area contributed by atoms with E-state index in [1.165, 1.54) is 0 Å². The van der Waals surface area contributed by atoms with Gasteiger partial charge in [-0.1, -0.05) is 25.1 Å². The molecule has 19 heavy (non-hydrogen) atoms. The zero-order valence-corrected chi connectivity index (χ0v) is 11.4. The molecule has 1 atom stereocenters. The Bertz CT molecular complexity index is 578. The zero-order chi connectivity index (χ0) is 13.9. The highest BCUT2D eigenvalue weighted by molar-refractivity contribution is 5.84. The van der Waals surface area contributed by atoms with Crippen LogP contribution in [0.15, 0.2) is 30.5 Å². The van der Waals surface area contributed by atoms with Crippen LogP contribution in [-0.4, -0.2) is 27.8 Å². The quantitative estimate of drug-likeness (QED) is 0.821. The van der Waals surface area contributed by atoms with Crippen LogP contribution >= 0.6 is 0 Å². The van der Waals surface area contributed by atoms with Gasteiger partial charge in [0.15, 0.2) is 0 Å². The van der Waals surface area contributed by atoms with E-state index in [1.54, 1.807) is 6.20 Å². The number of fused-ring (bicyclic) bond motifs is 1. The number of nitrogens with zero attached hydrogens (tertiary/aromatic N) is 2. The topological polar surface area (TPSA) is 72.9 Å². The van der Waals surface area contributed by atoms with Gasteiger partial charge in [-0.2, -0.15) is 5.10 Å². The van der Waals surface area contributed by atoms with Crippen molar-refractivity contribution >= 4 is 16.8 Å². The average molecular weight is 260 g/mol. The SMILES string of the molecule is CCCNC(C)(Cn1ncc2ccccc21)C(N)=O. The molecule has 0 spiro atoms. The zero-order valence-electron chi connectivity index (χ0n) is 11.4. The number of para-hydroxylation sites is 1. The van der Waals surface area contributed by atoms with Gasteiger partial charge in [-0.25, -0.2) is 0 Å². The summed E-state index contributed by atoms with van der Waals surface area (Å²) in [4.78, 5) is 11.7. The number of amides is 1. The normalized spacial score (nSPS) is 14.4. The molecule has 0 radical (unpaired) electrons. The molecule has 1 aromatic heterocycles. The lowest BCUT2D eigenvalue weighted by Gasteiger charge is -2.27. The largest absolute Gasteiger partial charge is 0.368 e. The maximum atomic E-state index is 11.7. The van der Waals surface area contributed by atoms with Crippen LogP contribution < -0.4 is 11.1 Å². The minimum Gasteiger partial charge on any atom is -0.368 e. The summed E-state index contributed by atoms with van der Waals surface area (Å²) >= 11 is 0. The highest BCUT2D eigenvalue weighted by Gasteiger charge is 2.31. The third-order valence-corrected chi connectivity index (χ3v) is 3.33. The molecule has 1 heterocycles. The molecule has 0 saturated heterocycles. The van der Waals surface area contributed by atoms with Crippen molar-refractivity contribution in [3.63, 3.8) is 0 Å². The average Bonchev–Trinajstić information content (AvgIpc) is 2.80. The van der Waals surface area contributed by atoms with Gasteiger partial charge >= 0.3 is 0 Å². The lowest BCUT2D eigenvalue weighted by atomic mass is 10.0. The summed E-state index contributed by atoms with van der Waals surface area (Å²) in [6.45, 7) is 5.05. The van der Waals surface area contributed by atoms with Gasteiger partial charge in [-0.15, -0.1) is 0 Å². The molecule has 1 amide bonds. The lowest BCUT2D eigenvalue weighted by molar-refractivity contribution is -0.124. The summed E-state index contributed by atoms with van der Waals surface area (Å²) in [7, 11) is 0. The Morgan fingerprint density at radius 3 is 2.89 bits per heavy atom. The van der Waals surface area contributed by atoms with Crippen molar-refractivity contribution in [3.05, 3.63) is 30.5 Å². The fourth-order valence-corrected chi connectivity index (χ4v) is 2.07. The molecule has 5 nitrogen and oxygen atoms in total. The van der Waals surface area contributed by atoms with E-state index < -0.39 is 5.54 Å². The Morgan fingerprint density at radius 1 is 1.47 bits per heavy atom. The molecule has 3 N–H and O–H groups in total. The van der Waals surface area contributed by atoms with Gasteiger partial charge < -0.3 is 11.1 Å². The first-order valence-corrected chi connectivity index (χ1v) is 6.52. The molecule has 5 heteroatoms. The summed E-state index contributed by atoms with van der Waals surface area (Å²) in [5.74, 6) is -0.361. The van der Waals surface area contributed by atoms with Crippen molar-refractivity contribution in [2.75, 3.05) is 6.54 Å². The second-order valence-corrected chi connectivity index (χ2v) is 4.98. The molecular formula is C14H20N4O. The Morgan fingerprint density at radius 2 is 2.21 bits per heavy atom. The number of nitrogens with one attached hydrogen (secondary N) is 1. The van der Waals surface area contributed by atoms with E-state index in [1.807, 2.05) is 35.9 Å². The second-order valence-electron chi connectivity index (χ2n) is 4.98. The summed E-state index contributed by atoms with van der Waals surface area (Å²) in [5.41, 5.74) is 5.75. The number of aromatic nitrogens is 2. The molecule has 2 rings (SSSR count). The Labute approximate surface area is 112 Å². The fraction of sp³-hybridized carbons (Fsp3) is 0.429. The van der Waals surface area contributed by atoms with Crippen molar-refractivity contribution in [2.45, 2.75) is 32.4 Å². The molecule has 2 aromatic rings. The van der Waals surface area contributed by atoms with Gasteiger partial charge in [0.2, 0.25) is 5.91 Å². The highest BCUT2D eigenvalue weighted by atomic mass is 16.1. The van der Waals surface area contributed by atoms with Crippen molar-refractivity contribution in [3.8, 4) is 0 Å². The highest BCUT2D eigenvalue weighted by Crippen LogP contribution is 2.16. The number of primary amides is 1. The Hall–Kier alpha value is -1.88. The molecule has 0 bridgehead atoms. The number of nitrogens with two attached hydrogens (primary N) is 1. The molecule has 0 aliphatic heterocycles. The van der Waals surface area contributed by atoms with E-state index in [0.717, 1.165) is 23.9 Å². The van der Waals surface area contributed by atoms with Crippen LogP contribution in [0.25, 0.3) is 10.9 Å². The van der Waals surface area contributed by atoms with Crippen LogP contribution in [0.2, 0.25) is 0 Å². The van der Waals surface area contributed by atoms with E-state index in [4.69, 9.17) is 5.73 Å². The van der Waals surface area contributed by atoms with Crippen molar-refractivity contribution in [1.82, 2.24) is 15.1 Å². The standard InChI is InChI=1S/C14H20N4O/c1-3-8-16-14(2,13(15)19)10-18-12-7-5-4-6-11(12)9-17-18/h4-7,9,16H,3,8,10H2,1-2H3,(H2,15,19). The van der Waals surface area contributed by atoms with Gasteiger partial charge in [-0.05, 0) is 26.0 Å². The van der Waals surface area contributed by atoms with Crippen LogP contribution in [-0.2, 0) is 11.3 Å². The predicted molar refractivity (Wildman–Crippen MR) is 75.6 cm³/mol. The maximum absolute atomic E-state index is 11.7. The van der Waals surface area contributed by atoms with Gasteiger partial charge in [0.25, 0.3) is 0 Å². The minimum absolute atomic E-state index is 0.361. The molecule has 1 aromatic carbocycles. The van der Waals surface area contributed by atoms with Crippen LogP contribution in [0.4, 0.5) is 0 Å². The number of carbonyl (C=O) groups excluding carboxylic acids is 1. The van der Waals surface area contributed by atoms with E-state index >= 15 is 0 Å². The molecule has 0 fully saturated rings. The third kappa shape index (κ3) is 2.76. The van der Waals surface area contributed by atoms with Crippen LogP contribution in [0, 0.1) is 0 Å². The number of hydrogen-bond acceptors (Lipinski definition) is 3. The number of carbonyl (C=O) groups is 1. The van der Waals surface area contributed by atoms with Crippen molar-refractivity contribution in [1.29, 1.82) is 0 Å². The Kier molecular flexibility index (Phi) is 3.85. The summed E-state index contributed by atoms with van der Waals surface area (Å²) in [6.07, 6.45) is 2.75. The minimum atomic E-state index is -0.787. The molecule has 102 valence electrons. The second kappa shape index (κ2) is 5.40. The fourth-order valence-electron chi connectivity index (χ4n) is 2.07. The van der Waals surface area contributed by atoms with Gasteiger partial charge in [0.1, 0.15) is 5.54 Å². The van der Waals surface area contributed by atoms with E-state index in [2.05, 4.69) is 17.3 Å². The summed E-state index contributed by atoms with van der Waals surface area (Å²) < 4.78 is 1.82. The van der Waals surface area contributed by atoms with Crippen molar-refractivity contribution in [2.24, 2.45) is 5.73 Å². The van der Waals surface area contributed by atoms with Crippen molar-refractivity contribution < 1.29 is 4.79 Å². The van der Waals surface area contributed by atoms with Gasteiger partial charge in [0.05, 0.1) is 18.3 Å². The van der Waals surface area contributed by atoms with E-state index in [9.17, 15) is 4.79 Å². The molecular weight excluding hydrogens is 240 g/mol. The molecule has 0 saturated carbocycles. The number of rotatable bonds is 6. The van der Waals surface area contributed by atoms with E-state index in [0.29, 0.717) is 6.54 Å². The summed E-state index contributed by atoms with van der Waals surface area (Å²) in [5, 5.41) is 8.61. The van der Waals surface area contributed by atoms with E-state index in [-0.39, 0.29) is 5.91 Å². The van der Waals surface area contributed by atoms with Gasteiger partial charge in [-0.3, -0.25) is 9.48 Å². The monoisotopic (exact) mass is 260 g/mol. The van der Waals surface area contributed by atoms with Gasteiger partial charge in [0, 0.05) is 5.39 Å². The first-order valence-electron chi connectivity index (χ1n) is 6.52. The molecule has 0 aliphatic rings. The van der Waals surface area contributed by atoms with Crippen LogP contribution in [0.1, 0.15) is 20.3 Å². The molecule has 0 aliphatic carbocycles. The first-order chi connectivity index (χ1) is 9.07. The third-order valence-electron chi connectivity index (χ3n) is 3.33. The lowest BCUT2D eigenvalue weighted by Crippen LogP contribution is -2.56. The first kappa shape index (κ1) is 13.5. The predicted octanol–water partition coefficient (Wildman–Crippen LogP) is 1.28. The van der Waals surface area contributed by atoms with Crippen LogP contribution in [0.5, 0.6) is 0 Å². The van der Waals surface area contributed by atoms with Crippen LogP contribution in [0.3, 0.4) is 0 Å². The smallest absolute Gasteiger partial charge is 0.239 e. The summed E-state index contributed by atoms with van der Waals surface area (Å²) in [6, 6.07) is 7.92. The maximum Gasteiger partial charge on any atom is 0.239 e. The molecule has 1 unspecified atom stereocenters. The number of hydrogen-bond donors (Lipinski definition) is 2. The Balaban J connectivity index is 2.28. The number of benzene rings is 1.